The molecule has 5 nitrogen and oxygen atoms in total. The van der Waals surface area contributed by atoms with E-state index in [9.17, 15) is 9.59 Å². The highest BCUT2D eigenvalue weighted by Gasteiger charge is 2.63. The van der Waals surface area contributed by atoms with Crippen molar-refractivity contribution in [2.45, 2.75) is 18.9 Å². The summed E-state index contributed by atoms with van der Waals surface area (Å²) in [6, 6.07) is 7.21. The van der Waals surface area contributed by atoms with Crippen molar-refractivity contribution in [2.24, 2.45) is 23.7 Å². The second-order valence-electron chi connectivity index (χ2n) is 6.14. The average molecular weight is 287 g/mol. The molecule has 5 heteroatoms. The Morgan fingerprint density at radius 2 is 2.05 bits per heavy atom. The molecule has 1 aromatic rings. The molecule has 0 unspecified atom stereocenters. The van der Waals surface area contributed by atoms with Crippen LogP contribution in [0.4, 0.5) is 5.69 Å². The highest BCUT2D eigenvalue weighted by atomic mass is 16.6. The number of rotatable bonds is 3. The van der Waals surface area contributed by atoms with Gasteiger partial charge in [0, 0.05) is 11.6 Å². The van der Waals surface area contributed by atoms with E-state index in [2.05, 4.69) is 5.32 Å². The number of esters is 1. The van der Waals surface area contributed by atoms with Crippen molar-refractivity contribution < 1.29 is 19.1 Å². The van der Waals surface area contributed by atoms with Gasteiger partial charge in [-0.1, -0.05) is 0 Å². The SMILES string of the molecule is COc1ccc(NC(=O)[C@@H]2[C@@H]3C[C@H]4[C@@H]2C(=O)O[C@@H]4C3)cc1. The van der Waals surface area contributed by atoms with E-state index in [1.807, 2.05) is 0 Å². The zero-order valence-corrected chi connectivity index (χ0v) is 11.7. The molecule has 0 spiro atoms. The molecule has 2 bridgehead atoms. The lowest BCUT2D eigenvalue weighted by Gasteiger charge is -2.23. The smallest absolute Gasteiger partial charge is 0.310 e. The first-order chi connectivity index (χ1) is 10.2. The Hall–Kier alpha value is -2.04. The van der Waals surface area contributed by atoms with E-state index in [0.717, 1.165) is 24.3 Å². The zero-order valence-electron chi connectivity index (χ0n) is 11.7. The van der Waals surface area contributed by atoms with Gasteiger partial charge in [0.25, 0.3) is 0 Å². The van der Waals surface area contributed by atoms with Gasteiger partial charge < -0.3 is 14.8 Å². The normalized spacial score (nSPS) is 35.7. The minimum Gasteiger partial charge on any atom is -0.497 e. The second kappa shape index (κ2) is 4.48. The topological polar surface area (TPSA) is 64.6 Å². The van der Waals surface area contributed by atoms with Crippen molar-refractivity contribution in [3.8, 4) is 5.75 Å². The second-order valence-corrected chi connectivity index (χ2v) is 6.14. The number of anilines is 1. The summed E-state index contributed by atoms with van der Waals surface area (Å²) in [6.45, 7) is 0. The number of benzene rings is 1. The maximum Gasteiger partial charge on any atom is 0.310 e. The first-order valence-corrected chi connectivity index (χ1v) is 7.33. The van der Waals surface area contributed by atoms with Gasteiger partial charge in [-0.05, 0) is 43.0 Å². The number of carbonyl (C=O) groups is 2. The van der Waals surface area contributed by atoms with E-state index in [1.165, 1.54) is 0 Å². The minimum absolute atomic E-state index is 0.0602. The van der Waals surface area contributed by atoms with Crippen molar-refractivity contribution in [1.29, 1.82) is 0 Å². The molecule has 0 aromatic heterocycles. The van der Waals surface area contributed by atoms with Gasteiger partial charge in [-0.25, -0.2) is 0 Å². The van der Waals surface area contributed by atoms with Crippen molar-refractivity contribution in [3.05, 3.63) is 24.3 Å². The third-order valence-electron chi connectivity index (χ3n) is 5.14. The molecule has 1 heterocycles. The third-order valence-corrected chi connectivity index (χ3v) is 5.14. The quantitative estimate of drug-likeness (QED) is 0.861. The Bertz CT molecular complexity index is 595. The molecule has 5 atom stereocenters. The van der Waals surface area contributed by atoms with Crippen LogP contribution in [0.5, 0.6) is 5.75 Å². The van der Waals surface area contributed by atoms with Gasteiger partial charge in [-0.15, -0.1) is 0 Å². The van der Waals surface area contributed by atoms with Crippen LogP contribution in [0.25, 0.3) is 0 Å². The molecular formula is C16H17NO4. The highest BCUT2D eigenvalue weighted by Crippen LogP contribution is 2.57. The van der Waals surface area contributed by atoms with Crippen molar-refractivity contribution >= 4 is 17.6 Å². The molecule has 3 fully saturated rings. The van der Waals surface area contributed by atoms with Crippen LogP contribution in [0.1, 0.15) is 12.8 Å². The lowest BCUT2D eigenvalue weighted by molar-refractivity contribution is -0.145. The van der Waals surface area contributed by atoms with Crippen LogP contribution in [-0.2, 0) is 14.3 Å². The summed E-state index contributed by atoms with van der Waals surface area (Å²) < 4.78 is 10.5. The van der Waals surface area contributed by atoms with Gasteiger partial charge in [-0.3, -0.25) is 9.59 Å². The molecule has 2 saturated carbocycles. The van der Waals surface area contributed by atoms with E-state index >= 15 is 0 Å². The molecule has 1 N–H and O–H groups in total. The molecule has 4 rings (SSSR count). The first-order valence-electron chi connectivity index (χ1n) is 7.33. The Labute approximate surface area is 122 Å². The molecule has 1 aliphatic heterocycles. The lowest BCUT2D eigenvalue weighted by atomic mass is 9.79. The number of ether oxygens (including phenoxy) is 2. The van der Waals surface area contributed by atoms with E-state index in [1.54, 1.807) is 31.4 Å². The summed E-state index contributed by atoms with van der Waals surface area (Å²) in [5.41, 5.74) is 0.728. The van der Waals surface area contributed by atoms with Gasteiger partial charge in [0.2, 0.25) is 5.91 Å². The molecule has 2 aliphatic carbocycles. The molecule has 1 amide bonds. The Kier molecular flexibility index (Phi) is 2.71. The van der Waals surface area contributed by atoms with Crippen LogP contribution in [-0.4, -0.2) is 25.1 Å². The van der Waals surface area contributed by atoms with E-state index in [-0.39, 0.29) is 41.7 Å². The summed E-state index contributed by atoms with van der Waals surface area (Å²) in [5, 5.41) is 2.92. The summed E-state index contributed by atoms with van der Waals surface area (Å²) in [6.07, 6.45) is 1.85. The van der Waals surface area contributed by atoms with Gasteiger partial charge in [0.1, 0.15) is 11.9 Å². The Balaban J connectivity index is 1.51. The van der Waals surface area contributed by atoms with Crippen LogP contribution >= 0.6 is 0 Å². The number of carbonyl (C=O) groups excluding carboxylic acids is 2. The fourth-order valence-electron chi connectivity index (χ4n) is 4.26. The Morgan fingerprint density at radius 3 is 2.76 bits per heavy atom. The van der Waals surface area contributed by atoms with Crippen LogP contribution in [0.3, 0.4) is 0 Å². The number of amides is 1. The molecular weight excluding hydrogens is 270 g/mol. The summed E-state index contributed by atoms with van der Waals surface area (Å²) >= 11 is 0. The van der Waals surface area contributed by atoms with E-state index < -0.39 is 0 Å². The lowest BCUT2D eigenvalue weighted by Crippen LogP contribution is -2.35. The van der Waals surface area contributed by atoms with Gasteiger partial charge in [0.05, 0.1) is 18.9 Å². The fourth-order valence-corrected chi connectivity index (χ4v) is 4.26. The first kappa shape index (κ1) is 12.7. The number of fused-ring (bicyclic) bond motifs is 1. The van der Waals surface area contributed by atoms with Crippen LogP contribution in [0.2, 0.25) is 0 Å². The third kappa shape index (κ3) is 1.83. The van der Waals surface area contributed by atoms with Gasteiger partial charge in [0.15, 0.2) is 0 Å². The van der Waals surface area contributed by atoms with Gasteiger partial charge in [-0.2, -0.15) is 0 Å². The minimum atomic E-state index is -0.233. The monoisotopic (exact) mass is 287 g/mol. The van der Waals surface area contributed by atoms with E-state index in [0.29, 0.717) is 0 Å². The molecule has 3 aliphatic rings. The number of hydrogen-bond donors (Lipinski definition) is 1. The molecule has 21 heavy (non-hydrogen) atoms. The van der Waals surface area contributed by atoms with Crippen molar-refractivity contribution in [2.75, 3.05) is 12.4 Å². The number of methoxy groups -OCH3 is 1. The Morgan fingerprint density at radius 1 is 1.29 bits per heavy atom. The maximum atomic E-state index is 12.5. The van der Waals surface area contributed by atoms with E-state index in [4.69, 9.17) is 9.47 Å². The van der Waals surface area contributed by atoms with Crippen LogP contribution in [0, 0.1) is 23.7 Å². The molecule has 110 valence electrons. The predicted octanol–water partition coefficient (Wildman–Crippen LogP) is 1.83. The highest BCUT2D eigenvalue weighted by molar-refractivity contribution is 5.97. The summed E-state index contributed by atoms with van der Waals surface area (Å²) in [7, 11) is 1.60. The van der Waals surface area contributed by atoms with Crippen molar-refractivity contribution in [3.63, 3.8) is 0 Å². The average Bonchev–Trinajstić information content (AvgIpc) is 3.09. The van der Waals surface area contributed by atoms with Crippen LogP contribution in [0.15, 0.2) is 24.3 Å². The largest absolute Gasteiger partial charge is 0.497 e. The standard InChI is InChI=1S/C16H17NO4/c1-20-10-4-2-9(3-5-10)17-15(18)13-8-6-11-12(7-8)21-16(19)14(11)13/h2-5,8,11-14H,6-7H2,1H3,(H,17,18)/t8-,11-,12-,13-,14+/m1/s1. The summed E-state index contributed by atoms with van der Waals surface area (Å²) in [5.74, 6) is 0.587. The fraction of sp³-hybridized carbons (Fsp3) is 0.500. The summed E-state index contributed by atoms with van der Waals surface area (Å²) in [4.78, 5) is 24.5. The molecule has 0 radical (unpaired) electrons. The molecule has 1 saturated heterocycles. The maximum absolute atomic E-state index is 12.5. The zero-order chi connectivity index (χ0) is 14.6. The number of nitrogens with one attached hydrogen (secondary N) is 1. The van der Waals surface area contributed by atoms with Gasteiger partial charge >= 0.3 is 5.97 Å². The van der Waals surface area contributed by atoms with Crippen molar-refractivity contribution in [1.82, 2.24) is 0 Å². The molecule has 1 aromatic carbocycles. The predicted molar refractivity (Wildman–Crippen MR) is 74.7 cm³/mol. The van der Waals surface area contributed by atoms with Crippen LogP contribution < -0.4 is 10.1 Å². The number of hydrogen-bond acceptors (Lipinski definition) is 4.